The minimum Gasteiger partial charge on any atom is -0.493 e. The summed E-state index contributed by atoms with van der Waals surface area (Å²) in [4.78, 5) is 9.71. The van der Waals surface area contributed by atoms with Gasteiger partial charge in [0.1, 0.15) is 6.33 Å². The first-order valence-electron chi connectivity index (χ1n) is 8.55. The van der Waals surface area contributed by atoms with Gasteiger partial charge in [0.15, 0.2) is 11.5 Å². The van der Waals surface area contributed by atoms with Crippen molar-refractivity contribution in [2.75, 3.05) is 14.2 Å². The number of thiophene rings is 1. The Morgan fingerprint density at radius 3 is 2.31 bits per heavy atom. The summed E-state index contributed by atoms with van der Waals surface area (Å²) in [5.41, 5.74) is 1.75. The van der Waals surface area contributed by atoms with Gasteiger partial charge in [-0.3, -0.25) is 0 Å². The second-order valence-electron chi connectivity index (χ2n) is 6.16. The number of alkyl halides is 3. The molecule has 0 aliphatic rings. The Balaban J connectivity index is 1.99. The normalized spacial score (nSPS) is 11.6. The van der Waals surface area contributed by atoms with E-state index in [-0.39, 0.29) is 0 Å². The van der Waals surface area contributed by atoms with Crippen LogP contribution in [0.25, 0.3) is 32.6 Å². The van der Waals surface area contributed by atoms with Gasteiger partial charge in [0.25, 0.3) is 0 Å². The molecule has 4 rings (SSSR count). The molecule has 4 nitrogen and oxygen atoms in total. The van der Waals surface area contributed by atoms with Crippen molar-refractivity contribution in [1.29, 1.82) is 0 Å². The number of fused-ring (bicyclic) bond motifs is 1. The first-order valence-corrected chi connectivity index (χ1v) is 9.43. The molecule has 0 bridgehead atoms. The summed E-state index contributed by atoms with van der Waals surface area (Å²) in [6.45, 7) is 0. The fraction of sp³-hybridized carbons (Fsp3) is 0.143. The van der Waals surface area contributed by atoms with Crippen LogP contribution in [0.3, 0.4) is 0 Å². The maximum absolute atomic E-state index is 12.9. The predicted molar refractivity (Wildman–Crippen MR) is 106 cm³/mol. The third-order valence-corrected chi connectivity index (χ3v) is 5.41. The van der Waals surface area contributed by atoms with Crippen LogP contribution in [0.5, 0.6) is 11.5 Å². The maximum atomic E-state index is 12.9. The van der Waals surface area contributed by atoms with Crippen molar-refractivity contribution < 1.29 is 22.6 Å². The van der Waals surface area contributed by atoms with E-state index in [4.69, 9.17) is 9.47 Å². The van der Waals surface area contributed by atoms with Crippen molar-refractivity contribution in [2.45, 2.75) is 6.18 Å². The van der Waals surface area contributed by atoms with Gasteiger partial charge in [0.2, 0.25) is 0 Å². The average molecular weight is 416 g/mol. The van der Waals surface area contributed by atoms with E-state index < -0.39 is 11.7 Å². The molecule has 4 aromatic rings. The summed E-state index contributed by atoms with van der Waals surface area (Å²) in [5, 5.41) is 2.60. The number of aromatic nitrogens is 2. The zero-order chi connectivity index (χ0) is 20.6. The molecule has 29 heavy (non-hydrogen) atoms. The number of halogens is 3. The highest BCUT2D eigenvalue weighted by Gasteiger charge is 2.30. The van der Waals surface area contributed by atoms with E-state index in [0.717, 1.165) is 22.6 Å². The molecule has 0 saturated carbocycles. The molecule has 0 atom stereocenters. The van der Waals surface area contributed by atoms with Gasteiger partial charge in [-0.25, -0.2) is 9.97 Å². The molecule has 148 valence electrons. The van der Waals surface area contributed by atoms with Crippen LogP contribution >= 0.6 is 11.3 Å². The van der Waals surface area contributed by atoms with Gasteiger partial charge in [-0.1, -0.05) is 18.2 Å². The largest absolute Gasteiger partial charge is 0.493 e. The van der Waals surface area contributed by atoms with Crippen molar-refractivity contribution in [1.82, 2.24) is 9.97 Å². The zero-order valence-electron chi connectivity index (χ0n) is 15.4. The maximum Gasteiger partial charge on any atom is 0.416 e. The number of methoxy groups -OCH3 is 2. The average Bonchev–Trinajstić information content (AvgIpc) is 3.25. The SMILES string of the molecule is COc1cc2c(-c3ccc(C(F)(F)F)cc3)ncnc2c(-c2cccs2)c1OC. The number of ether oxygens (including phenoxy) is 2. The second-order valence-corrected chi connectivity index (χ2v) is 7.11. The summed E-state index contributed by atoms with van der Waals surface area (Å²) in [6, 6.07) is 10.5. The van der Waals surface area contributed by atoms with E-state index in [0.29, 0.717) is 33.7 Å². The van der Waals surface area contributed by atoms with E-state index in [2.05, 4.69) is 9.97 Å². The van der Waals surface area contributed by atoms with E-state index in [1.807, 2.05) is 17.5 Å². The first-order chi connectivity index (χ1) is 13.9. The Bertz CT molecular complexity index is 1160. The quantitative estimate of drug-likeness (QED) is 0.406. The molecular formula is C21H15F3N2O2S. The molecule has 0 amide bonds. The molecule has 0 spiro atoms. The summed E-state index contributed by atoms with van der Waals surface area (Å²) in [5.74, 6) is 1.03. The van der Waals surface area contributed by atoms with Gasteiger partial charge in [-0.05, 0) is 29.6 Å². The van der Waals surface area contributed by atoms with Crippen molar-refractivity contribution in [3.8, 4) is 33.2 Å². The van der Waals surface area contributed by atoms with Crippen LogP contribution in [0, 0.1) is 0 Å². The Hall–Kier alpha value is -3.13. The topological polar surface area (TPSA) is 44.2 Å². The molecule has 0 fully saturated rings. The lowest BCUT2D eigenvalue weighted by molar-refractivity contribution is -0.137. The van der Waals surface area contributed by atoms with Crippen molar-refractivity contribution >= 4 is 22.2 Å². The molecule has 0 unspecified atom stereocenters. The summed E-state index contributed by atoms with van der Waals surface area (Å²) in [6.07, 6.45) is -2.99. The third kappa shape index (κ3) is 3.40. The molecule has 8 heteroatoms. The second kappa shape index (κ2) is 7.36. The van der Waals surface area contributed by atoms with E-state index in [1.54, 1.807) is 13.2 Å². The molecule has 0 radical (unpaired) electrons. The Morgan fingerprint density at radius 1 is 0.966 bits per heavy atom. The molecule has 2 aromatic carbocycles. The lowest BCUT2D eigenvalue weighted by atomic mass is 10.0. The van der Waals surface area contributed by atoms with Crippen LogP contribution in [0.2, 0.25) is 0 Å². The van der Waals surface area contributed by atoms with Crippen LogP contribution in [-0.4, -0.2) is 24.2 Å². The number of hydrogen-bond donors (Lipinski definition) is 0. The third-order valence-electron chi connectivity index (χ3n) is 4.52. The van der Waals surface area contributed by atoms with Crippen LogP contribution in [-0.2, 0) is 6.18 Å². The lowest BCUT2D eigenvalue weighted by Gasteiger charge is -2.16. The Morgan fingerprint density at radius 2 is 1.72 bits per heavy atom. The highest BCUT2D eigenvalue weighted by Crippen LogP contribution is 2.46. The molecule has 0 aliphatic carbocycles. The van der Waals surface area contributed by atoms with Gasteiger partial charge in [0.05, 0.1) is 36.6 Å². The van der Waals surface area contributed by atoms with Crippen molar-refractivity contribution in [3.63, 3.8) is 0 Å². The summed E-state index contributed by atoms with van der Waals surface area (Å²) >= 11 is 1.52. The number of hydrogen-bond acceptors (Lipinski definition) is 5. The number of benzene rings is 2. The van der Waals surface area contributed by atoms with E-state index in [9.17, 15) is 13.2 Å². The Kier molecular flexibility index (Phi) is 4.87. The minimum atomic E-state index is -4.39. The molecule has 2 heterocycles. The number of rotatable bonds is 4. The first kappa shape index (κ1) is 19.2. The minimum absolute atomic E-state index is 0.492. The van der Waals surface area contributed by atoms with Gasteiger partial charge in [-0.15, -0.1) is 11.3 Å². The van der Waals surface area contributed by atoms with Crippen LogP contribution in [0.4, 0.5) is 13.2 Å². The van der Waals surface area contributed by atoms with Crippen LogP contribution in [0.1, 0.15) is 5.56 Å². The van der Waals surface area contributed by atoms with Crippen LogP contribution in [0.15, 0.2) is 54.2 Å². The highest BCUT2D eigenvalue weighted by atomic mass is 32.1. The monoisotopic (exact) mass is 416 g/mol. The zero-order valence-corrected chi connectivity index (χ0v) is 16.3. The predicted octanol–water partition coefficient (Wildman–Crippen LogP) is 6.06. The molecule has 0 aliphatic heterocycles. The highest BCUT2D eigenvalue weighted by molar-refractivity contribution is 7.13. The molecule has 2 aromatic heterocycles. The fourth-order valence-corrected chi connectivity index (χ4v) is 3.98. The fourth-order valence-electron chi connectivity index (χ4n) is 3.21. The van der Waals surface area contributed by atoms with E-state index in [1.165, 1.54) is 36.9 Å². The van der Waals surface area contributed by atoms with Gasteiger partial charge in [0, 0.05) is 15.8 Å². The van der Waals surface area contributed by atoms with E-state index >= 15 is 0 Å². The van der Waals surface area contributed by atoms with Crippen molar-refractivity contribution in [2.24, 2.45) is 0 Å². The lowest BCUT2D eigenvalue weighted by Crippen LogP contribution is -2.04. The van der Waals surface area contributed by atoms with Crippen LogP contribution < -0.4 is 9.47 Å². The molecule has 0 saturated heterocycles. The van der Waals surface area contributed by atoms with Gasteiger partial charge >= 0.3 is 6.18 Å². The van der Waals surface area contributed by atoms with Gasteiger partial charge in [-0.2, -0.15) is 13.2 Å². The van der Waals surface area contributed by atoms with Gasteiger partial charge < -0.3 is 9.47 Å². The molecular weight excluding hydrogens is 401 g/mol. The molecule has 0 N–H and O–H groups in total. The van der Waals surface area contributed by atoms with Crippen molar-refractivity contribution in [3.05, 3.63) is 59.7 Å². The number of nitrogens with zero attached hydrogens (tertiary/aromatic N) is 2. The Labute approximate surface area is 168 Å². The summed E-state index contributed by atoms with van der Waals surface area (Å²) < 4.78 is 49.8. The standard InChI is InChI=1S/C21H15F3N2O2S/c1-27-15-10-14-18(12-5-7-13(8-6-12)21(22,23)24)25-11-26-19(14)17(20(15)28-2)16-4-3-9-29-16/h3-11H,1-2H3. The smallest absolute Gasteiger partial charge is 0.416 e. The summed E-state index contributed by atoms with van der Waals surface area (Å²) in [7, 11) is 3.09.